The highest BCUT2D eigenvalue weighted by molar-refractivity contribution is 7.89. The van der Waals surface area contributed by atoms with E-state index in [4.69, 9.17) is 31.0 Å². The lowest BCUT2D eigenvalue weighted by molar-refractivity contribution is 0.0595. The number of nitrogens with two attached hydrogens (primary N) is 1. The summed E-state index contributed by atoms with van der Waals surface area (Å²) in [6.45, 7) is 12.1. The summed E-state index contributed by atoms with van der Waals surface area (Å²) >= 11 is 6.45. The number of ether oxygens (including phenoxy) is 3. The lowest BCUT2D eigenvalue weighted by atomic mass is 9.98. The average Bonchev–Trinajstić information content (AvgIpc) is 4.11. The van der Waals surface area contributed by atoms with Crippen molar-refractivity contribution in [3.8, 4) is 11.8 Å². The molecule has 3 saturated heterocycles. The van der Waals surface area contributed by atoms with Crippen LogP contribution in [0.4, 0.5) is 9.59 Å². The minimum Gasteiger partial charge on any atom is -0.484 e. The van der Waals surface area contributed by atoms with E-state index in [1.807, 2.05) is 18.2 Å². The number of unbranched alkanes of at least 4 members (excludes halogenated alkanes) is 1. The highest BCUT2D eigenvalue weighted by Gasteiger charge is 2.41. The SMILES string of the molecule is C[C@H]1CN([C@H]2Cc3c(C#N)cc(Cl)cc3[C@@H]2Oc2ccc(S(=O)(=O)N[C@@H]3CCN(CCOCCNC(=O)NCCCCNC(=O)NCCOCCN4CC[C@H](c5ccccc5S(N)(=O)=O)C4)C3)cc2)CCN1. The number of nitrogens with zero attached hydrogens (tertiary/aromatic N) is 4. The number of piperazine rings is 1. The monoisotopic (exact) mass is 1060 g/mol. The molecule has 3 fully saturated rings. The Bertz CT molecular complexity index is 2560. The van der Waals surface area contributed by atoms with Crippen LogP contribution in [0.25, 0.3) is 0 Å². The molecular weight excluding hydrogens is 986 g/mol. The van der Waals surface area contributed by atoms with Gasteiger partial charge in [0.05, 0.1) is 53.9 Å². The Hall–Kier alpha value is -4.64. The first kappa shape index (κ1) is 55.1. The molecule has 0 aromatic heterocycles. The summed E-state index contributed by atoms with van der Waals surface area (Å²) in [7, 11) is -7.58. The number of benzene rings is 3. The van der Waals surface area contributed by atoms with Crippen LogP contribution in [0.3, 0.4) is 0 Å². The molecule has 23 heteroatoms. The van der Waals surface area contributed by atoms with Crippen LogP contribution in [0, 0.1) is 11.3 Å². The second-order valence-electron chi connectivity index (χ2n) is 18.8. The number of sulfonamides is 2. The van der Waals surface area contributed by atoms with Gasteiger partial charge in [-0.3, -0.25) is 9.80 Å². The number of fused-ring (bicyclic) bond motifs is 1. The minimum absolute atomic E-state index is 0.00374. The fourth-order valence-electron chi connectivity index (χ4n) is 9.96. The molecule has 394 valence electrons. The second-order valence-corrected chi connectivity index (χ2v) is 22.5. The number of carbonyl (C=O) groups excluding carboxylic acids is 2. The van der Waals surface area contributed by atoms with Gasteiger partial charge in [-0.25, -0.2) is 36.3 Å². The Morgan fingerprint density at radius 3 is 2.10 bits per heavy atom. The molecule has 5 atom stereocenters. The Morgan fingerprint density at radius 2 is 1.44 bits per heavy atom. The lowest BCUT2D eigenvalue weighted by Crippen LogP contribution is -2.54. The highest BCUT2D eigenvalue weighted by Crippen LogP contribution is 2.41. The molecule has 3 aliphatic heterocycles. The van der Waals surface area contributed by atoms with Gasteiger partial charge < -0.3 is 45.7 Å². The number of hydrogen-bond donors (Lipinski definition) is 7. The molecule has 4 aliphatic rings. The Labute approximate surface area is 429 Å². The largest absolute Gasteiger partial charge is 0.484 e. The quantitative estimate of drug-likeness (QED) is 0.0602. The summed E-state index contributed by atoms with van der Waals surface area (Å²) in [5.74, 6) is 0.623. The molecule has 0 radical (unpaired) electrons. The van der Waals surface area contributed by atoms with Crippen molar-refractivity contribution in [1.29, 1.82) is 5.26 Å². The highest BCUT2D eigenvalue weighted by atomic mass is 35.5. The van der Waals surface area contributed by atoms with Gasteiger partial charge in [-0.05, 0) is 117 Å². The van der Waals surface area contributed by atoms with Gasteiger partial charge in [0.25, 0.3) is 0 Å². The standard InChI is InChI=1S/C49H70ClN11O9S2/c1-35-32-61(21-16-53-35)45-30-43-37(31-51)28-38(50)29-44(43)47(45)70-40-8-10-41(11-9-40)72(66,67)58-39-13-20-60(34-39)23-27-69-25-18-57-49(63)55-15-5-4-14-54-48(62)56-17-24-68-26-22-59-19-12-36(33-59)42-6-2-3-7-46(42)71(52,64)65/h2-3,6-11,28-29,35-36,39,45,47,53,58H,4-5,12-27,30,32-34H2,1H3,(H2,52,64,65)(H2,54,56,62)(H2,55,57,63)/t35-,36-,39+,45-,47-/m0/s1. The number of nitriles is 1. The van der Waals surface area contributed by atoms with Crippen molar-refractivity contribution in [1.82, 2.24) is 46.0 Å². The van der Waals surface area contributed by atoms with Crippen molar-refractivity contribution >= 4 is 43.7 Å². The molecule has 0 unspecified atom stereocenters. The van der Waals surface area contributed by atoms with Crippen LogP contribution in [0.2, 0.25) is 5.02 Å². The number of rotatable bonds is 25. The number of amides is 4. The zero-order chi connectivity index (χ0) is 51.1. The van der Waals surface area contributed by atoms with Crippen molar-refractivity contribution in [2.75, 3.05) is 112 Å². The summed E-state index contributed by atoms with van der Waals surface area (Å²) < 4.78 is 71.8. The molecule has 4 amide bonds. The lowest BCUT2D eigenvalue weighted by Gasteiger charge is -2.38. The van der Waals surface area contributed by atoms with Crippen LogP contribution in [0.5, 0.6) is 5.75 Å². The number of hydrogen-bond acceptors (Lipinski definition) is 14. The van der Waals surface area contributed by atoms with Gasteiger partial charge in [0, 0.05) is 89.1 Å². The first-order valence-electron chi connectivity index (χ1n) is 24.9. The third-order valence-electron chi connectivity index (χ3n) is 13.6. The van der Waals surface area contributed by atoms with E-state index in [0.29, 0.717) is 120 Å². The molecule has 7 rings (SSSR count). The molecule has 3 heterocycles. The second kappa shape index (κ2) is 26.5. The predicted molar refractivity (Wildman–Crippen MR) is 273 cm³/mol. The summed E-state index contributed by atoms with van der Waals surface area (Å²) in [5.41, 5.74) is 3.14. The van der Waals surface area contributed by atoms with Crippen LogP contribution >= 0.6 is 11.6 Å². The molecule has 0 saturated carbocycles. The van der Waals surface area contributed by atoms with Gasteiger partial charge in [0.1, 0.15) is 11.9 Å². The maximum atomic E-state index is 13.4. The summed E-state index contributed by atoms with van der Waals surface area (Å²) in [6.07, 6.45) is 3.16. The van der Waals surface area contributed by atoms with Crippen molar-refractivity contribution in [2.45, 2.75) is 79.0 Å². The first-order chi connectivity index (χ1) is 34.7. The fraction of sp³-hybridized carbons (Fsp3) is 0.571. The van der Waals surface area contributed by atoms with Gasteiger partial charge in [-0.1, -0.05) is 29.8 Å². The van der Waals surface area contributed by atoms with Gasteiger partial charge in [0.15, 0.2) is 0 Å². The van der Waals surface area contributed by atoms with Crippen LogP contribution < -0.4 is 41.2 Å². The van der Waals surface area contributed by atoms with Crippen LogP contribution in [0.15, 0.2) is 70.5 Å². The van der Waals surface area contributed by atoms with Gasteiger partial charge in [-0.2, -0.15) is 5.26 Å². The van der Waals surface area contributed by atoms with E-state index >= 15 is 0 Å². The van der Waals surface area contributed by atoms with E-state index in [0.717, 1.165) is 62.4 Å². The Kier molecular flexibility index (Phi) is 20.3. The third-order valence-corrected chi connectivity index (χ3v) is 16.3. The predicted octanol–water partition coefficient (Wildman–Crippen LogP) is 2.45. The third kappa shape index (κ3) is 15.9. The van der Waals surface area contributed by atoms with Gasteiger partial charge in [-0.15, -0.1) is 0 Å². The number of carbonyl (C=O) groups is 2. The number of urea groups is 2. The normalized spacial score (nSPS) is 21.8. The van der Waals surface area contributed by atoms with E-state index in [2.05, 4.69) is 59.0 Å². The maximum absolute atomic E-state index is 13.4. The number of halogens is 1. The van der Waals surface area contributed by atoms with Crippen LogP contribution in [0.1, 0.15) is 66.9 Å². The van der Waals surface area contributed by atoms with Crippen LogP contribution in [-0.4, -0.2) is 173 Å². The molecule has 3 aromatic rings. The summed E-state index contributed by atoms with van der Waals surface area (Å²) in [5, 5.41) is 30.4. The molecular formula is C49H70ClN11O9S2. The molecule has 72 heavy (non-hydrogen) atoms. The van der Waals surface area contributed by atoms with Crippen LogP contribution in [-0.2, 0) is 35.9 Å². The van der Waals surface area contributed by atoms with E-state index in [9.17, 15) is 31.7 Å². The molecule has 20 nitrogen and oxygen atoms in total. The van der Waals surface area contributed by atoms with E-state index in [1.54, 1.807) is 42.5 Å². The number of primary sulfonamides is 1. The Morgan fingerprint density at radius 1 is 0.806 bits per heavy atom. The van der Waals surface area contributed by atoms with Crippen molar-refractivity contribution < 1.29 is 40.6 Å². The first-order valence-corrected chi connectivity index (χ1v) is 28.3. The zero-order valence-corrected chi connectivity index (χ0v) is 43.3. The summed E-state index contributed by atoms with van der Waals surface area (Å²) in [6, 6.07) is 18.7. The molecule has 0 bridgehead atoms. The minimum atomic E-state index is -3.80. The molecule has 1 aliphatic carbocycles. The summed E-state index contributed by atoms with van der Waals surface area (Å²) in [4.78, 5) is 31.5. The molecule has 3 aromatic carbocycles. The van der Waals surface area contributed by atoms with Crippen molar-refractivity contribution in [3.63, 3.8) is 0 Å². The van der Waals surface area contributed by atoms with E-state index in [1.165, 1.54) is 0 Å². The molecule has 0 spiro atoms. The van der Waals surface area contributed by atoms with Gasteiger partial charge >= 0.3 is 12.1 Å². The number of likely N-dealkylation sites (tertiary alicyclic amines) is 2. The fourth-order valence-corrected chi connectivity index (χ4v) is 12.3. The van der Waals surface area contributed by atoms with Gasteiger partial charge in [0.2, 0.25) is 20.0 Å². The number of nitrogens with one attached hydrogen (secondary N) is 6. The smallest absolute Gasteiger partial charge is 0.314 e. The van der Waals surface area contributed by atoms with Crippen molar-refractivity contribution in [3.05, 3.63) is 87.9 Å². The molecule has 8 N–H and O–H groups in total. The topological polar surface area (TPSA) is 262 Å². The van der Waals surface area contributed by atoms with E-state index < -0.39 is 20.0 Å². The zero-order valence-electron chi connectivity index (χ0n) is 41.0. The van der Waals surface area contributed by atoms with Crippen molar-refractivity contribution in [2.24, 2.45) is 5.14 Å². The van der Waals surface area contributed by atoms with E-state index in [-0.39, 0.29) is 46.0 Å². The maximum Gasteiger partial charge on any atom is 0.314 e. The average molecular weight is 1060 g/mol. The Balaban J connectivity index is 0.686.